The van der Waals surface area contributed by atoms with Gasteiger partial charge in [0.2, 0.25) is 5.91 Å². The second-order valence-corrected chi connectivity index (χ2v) is 5.39. The highest BCUT2D eigenvalue weighted by molar-refractivity contribution is 6.17. The van der Waals surface area contributed by atoms with Crippen LogP contribution in [-0.4, -0.2) is 5.91 Å². The molecule has 2 aromatic rings. The summed E-state index contributed by atoms with van der Waals surface area (Å²) in [5, 5.41) is 3.01. The summed E-state index contributed by atoms with van der Waals surface area (Å²) >= 11 is 5.75. The Morgan fingerprint density at radius 2 is 1.80 bits per heavy atom. The SMILES string of the molecule is O=C(NCc1ccc(CCl)cc1)C1Cc2ccccc21. The van der Waals surface area contributed by atoms with Gasteiger partial charge in [0.1, 0.15) is 0 Å². The Morgan fingerprint density at radius 1 is 1.10 bits per heavy atom. The summed E-state index contributed by atoms with van der Waals surface area (Å²) in [6.07, 6.45) is 0.854. The lowest BCUT2D eigenvalue weighted by molar-refractivity contribution is -0.123. The minimum absolute atomic E-state index is 0.0216. The molecule has 1 N–H and O–H groups in total. The van der Waals surface area contributed by atoms with E-state index in [9.17, 15) is 4.79 Å². The Hall–Kier alpha value is -1.80. The lowest BCUT2D eigenvalue weighted by Gasteiger charge is -2.28. The van der Waals surface area contributed by atoms with Crippen molar-refractivity contribution in [2.24, 2.45) is 0 Å². The summed E-state index contributed by atoms with van der Waals surface area (Å²) in [6, 6.07) is 16.1. The number of halogens is 1. The van der Waals surface area contributed by atoms with Gasteiger partial charge in [-0.15, -0.1) is 11.6 Å². The quantitative estimate of drug-likeness (QED) is 0.857. The maximum Gasteiger partial charge on any atom is 0.228 e. The van der Waals surface area contributed by atoms with Gasteiger partial charge in [0.25, 0.3) is 0 Å². The van der Waals surface area contributed by atoms with Gasteiger partial charge in [-0.1, -0.05) is 48.5 Å². The Morgan fingerprint density at radius 3 is 2.50 bits per heavy atom. The number of benzene rings is 2. The van der Waals surface area contributed by atoms with E-state index in [0.717, 1.165) is 17.5 Å². The fourth-order valence-corrected chi connectivity index (χ4v) is 2.73. The highest BCUT2D eigenvalue weighted by atomic mass is 35.5. The van der Waals surface area contributed by atoms with Gasteiger partial charge in [-0.25, -0.2) is 0 Å². The predicted molar refractivity (Wildman–Crippen MR) is 80.7 cm³/mol. The summed E-state index contributed by atoms with van der Waals surface area (Å²) in [7, 11) is 0. The first-order valence-corrected chi connectivity index (χ1v) is 7.30. The Labute approximate surface area is 123 Å². The third-order valence-corrected chi connectivity index (χ3v) is 4.12. The monoisotopic (exact) mass is 285 g/mol. The molecule has 2 aromatic carbocycles. The zero-order valence-corrected chi connectivity index (χ0v) is 11.9. The van der Waals surface area contributed by atoms with Crippen molar-refractivity contribution in [3.63, 3.8) is 0 Å². The molecule has 0 saturated heterocycles. The molecule has 3 rings (SSSR count). The Kier molecular flexibility index (Phi) is 3.75. The van der Waals surface area contributed by atoms with Crippen molar-refractivity contribution in [3.8, 4) is 0 Å². The molecule has 0 heterocycles. The molecule has 0 bridgehead atoms. The largest absolute Gasteiger partial charge is 0.351 e. The lowest BCUT2D eigenvalue weighted by atomic mass is 9.77. The molecule has 0 aromatic heterocycles. The molecule has 3 heteroatoms. The minimum atomic E-state index is 0.0216. The lowest BCUT2D eigenvalue weighted by Crippen LogP contribution is -2.35. The first-order chi connectivity index (χ1) is 9.78. The second-order valence-electron chi connectivity index (χ2n) is 5.12. The summed E-state index contributed by atoms with van der Waals surface area (Å²) in [5.41, 5.74) is 4.65. The van der Waals surface area contributed by atoms with Crippen LogP contribution in [0.4, 0.5) is 0 Å². The van der Waals surface area contributed by atoms with Gasteiger partial charge in [0, 0.05) is 12.4 Å². The maximum absolute atomic E-state index is 12.2. The van der Waals surface area contributed by atoms with E-state index >= 15 is 0 Å². The van der Waals surface area contributed by atoms with Crippen molar-refractivity contribution in [2.75, 3.05) is 0 Å². The van der Waals surface area contributed by atoms with E-state index in [0.29, 0.717) is 12.4 Å². The fraction of sp³-hybridized carbons (Fsp3) is 0.235. The first kappa shape index (κ1) is 13.2. The summed E-state index contributed by atoms with van der Waals surface area (Å²) in [5.74, 6) is 0.657. The van der Waals surface area contributed by atoms with Crippen LogP contribution >= 0.6 is 11.6 Å². The molecule has 1 amide bonds. The molecular weight excluding hydrogens is 270 g/mol. The Bertz CT molecular complexity index is 621. The van der Waals surface area contributed by atoms with Gasteiger partial charge in [-0.2, -0.15) is 0 Å². The molecular formula is C17H16ClNO. The highest BCUT2D eigenvalue weighted by Crippen LogP contribution is 2.34. The van der Waals surface area contributed by atoms with E-state index in [1.807, 2.05) is 42.5 Å². The average molecular weight is 286 g/mol. The smallest absolute Gasteiger partial charge is 0.228 e. The molecule has 2 nitrogen and oxygen atoms in total. The number of fused-ring (bicyclic) bond motifs is 1. The molecule has 0 spiro atoms. The van der Waals surface area contributed by atoms with Crippen molar-refractivity contribution in [1.82, 2.24) is 5.32 Å². The predicted octanol–water partition coefficient (Wildman–Crippen LogP) is 3.38. The van der Waals surface area contributed by atoms with Crippen LogP contribution in [0.1, 0.15) is 28.2 Å². The fourth-order valence-electron chi connectivity index (χ4n) is 2.55. The van der Waals surface area contributed by atoms with Crippen LogP contribution in [-0.2, 0) is 23.6 Å². The topological polar surface area (TPSA) is 29.1 Å². The van der Waals surface area contributed by atoms with Crippen molar-refractivity contribution in [2.45, 2.75) is 24.8 Å². The molecule has 1 aliphatic carbocycles. The normalized spacial score (nSPS) is 16.1. The summed E-state index contributed by atoms with van der Waals surface area (Å²) < 4.78 is 0. The zero-order valence-electron chi connectivity index (χ0n) is 11.1. The van der Waals surface area contributed by atoms with Crippen LogP contribution in [0.5, 0.6) is 0 Å². The second kappa shape index (κ2) is 5.68. The van der Waals surface area contributed by atoms with Gasteiger partial charge in [-0.3, -0.25) is 4.79 Å². The molecule has 1 atom stereocenters. The van der Waals surface area contributed by atoms with E-state index in [2.05, 4.69) is 11.4 Å². The van der Waals surface area contributed by atoms with Gasteiger partial charge < -0.3 is 5.32 Å². The highest BCUT2D eigenvalue weighted by Gasteiger charge is 2.31. The maximum atomic E-state index is 12.2. The van der Waals surface area contributed by atoms with Gasteiger partial charge in [0.05, 0.1) is 5.92 Å². The van der Waals surface area contributed by atoms with Crippen LogP contribution in [0.2, 0.25) is 0 Å². The zero-order chi connectivity index (χ0) is 13.9. The number of amides is 1. The Balaban J connectivity index is 1.58. The molecule has 102 valence electrons. The average Bonchev–Trinajstić information content (AvgIpc) is 2.47. The third kappa shape index (κ3) is 2.56. The van der Waals surface area contributed by atoms with Crippen molar-refractivity contribution in [3.05, 3.63) is 70.8 Å². The van der Waals surface area contributed by atoms with E-state index in [-0.39, 0.29) is 11.8 Å². The van der Waals surface area contributed by atoms with Gasteiger partial charge in [-0.05, 0) is 28.7 Å². The minimum Gasteiger partial charge on any atom is -0.351 e. The van der Waals surface area contributed by atoms with Crippen molar-refractivity contribution in [1.29, 1.82) is 0 Å². The third-order valence-electron chi connectivity index (χ3n) is 3.82. The molecule has 0 fully saturated rings. The van der Waals surface area contributed by atoms with Crippen LogP contribution < -0.4 is 5.32 Å². The van der Waals surface area contributed by atoms with E-state index in [1.165, 1.54) is 11.1 Å². The van der Waals surface area contributed by atoms with Crippen LogP contribution in [0, 0.1) is 0 Å². The van der Waals surface area contributed by atoms with Crippen LogP contribution in [0.25, 0.3) is 0 Å². The number of nitrogens with one attached hydrogen (secondary N) is 1. The first-order valence-electron chi connectivity index (χ1n) is 6.77. The molecule has 0 aliphatic heterocycles. The molecule has 0 saturated carbocycles. The standard InChI is InChI=1S/C17H16ClNO/c18-10-12-5-7-13(8-6-12)11-19-17(20)16-9-14-3-1-2-4-15(14)16/h1-8,16H,9-11H2,(H,19,20). The molecule has 20 heavy (non-hydrogen) atoms. The molecule has 1 aliphatic rings. The molecule has 1 unspecified atom stereocenters. The number of hydrogen-bond acceptors (Lipinski definition) is 1. The molecule has 0 radical (unpaired) electrons. The van der Waals surface area contributed by atoms with E-state index in [4.69, 9.17) is 11.6 Å². The summed E-state index contributed by atoms with van der Waals surface area (Å²) in [6.45, 7) is 0.570. The van der Waals surface area contributed by atoms with Crippen molar-refractivity contribution < 1.29 is 4.79 Å². The van der Waals surface area contributed by atoms with Gasteiger partial charge in [0.15, 0.2) is 0 Å². The van der Waals surface area contributed by atoms with E-state index in [1.54, 1.807) is 0 Å². The summed E-state index contributed by atoms with van der Waals surface area (Å²) in [4.78, 5) is 12.2. The number of carbonyl (C=O) groups is 1. The van der Waals surface area contributed by atoms with Gasteiger partial charge >= 0.3 is 0 Å². The number of carbonyl (C=O) groups excluding carboxylic acids is 1. The number of alkyl halides is 1. The number of hydrogen-bond donors (Lipinski definition) is 1. The van der Waals surface area contributed by atoms with Crippen molar-refractivity contribution >= 4 is 17.5 Å². The van der Waals surface area contributed by atoms with E-state index < -0.39 is 0 Å². The van der Waals surface area contributed by atoms with Crippen LogP contribution in [0.15, 0.2) is 48.5 Å². The number of rotatable bonds is 4. The van der Waals surface area contributed by atoms with Crippen LogP contribution in [0.3, 0.4) is 0 Å².